The number of piperazine rings is 1. The largest absolute Gasteiger partial charge is 0.344 e. The summed E-state index contributed by atoms with van der Waals surface area (Å²) < 4.78 is 26.7. The van der Waals surface area contributed by atoms with Gasteiger partial charge in [-0.1, -0.05) is 11.6 Å². The highest BCUT2D eigenvalue weighted by Gasteiger charge is 2.34. The summed E-state index contributed by atoms with van der Waals surface area (Å²) in [6.45, 7) is 3.94. The van der Waals surface area contributed by atoms with Gasteiger partial charge in [-0.3, -0.25) is 4.79 Å². The van der Waals surface area contributed by atoms with Crippen molar-refractivity contribution in [1.29, 1.82) is 0 Å². The maximum atomic E-state index is 12.6. The van der Waals surface area contributed by atoms with Crippen LogP contribution in [-0.2, 0) is 14.8 Å². The lowest BCUT2D eigenvalue weighted by molar-refractivity contribution is -0.917. The number of likely N-dealkylation sites (N-methyl/N-ethyl adjacent to an activating group) is 1. The molecule has 1 atom stereocenters. The van der Waals surface area contributed by atoms with Gasteiger partial charge < -0.3 is 9.80 Å². The van der Waals surface area contributed by atoms with Crippen LogP contribution in [0.15, 0.2) is 29.2 Å². The Hall–Kier alpha value is -1.15. The number of nitrogens with one attached hydrogen (secondary N) is 1. The third-order valence-electron chi connectivity index (χ3n) is 4.24. The van der Waals surface area contributed by atoms with E-state index in [4.69, 9.17) is 11.6 Å². The van der Waals surface area contributed by atoms with E-state index in [0.717, 1.165) is 4.90 Å². The third kappa shape index (κ3) is 4.03. The Kier molecular flexibility index (Phi) is 5.67. The molecule has 0 radical (unpaired) electrons. The summed E-state index contributed by atoms with van der Waals surface area (Å²) in [6, 6.07) is 6.04. The molecule has 0 saturated carbocycles. The minimum absolute atomic E-state index is 0.0639. The summed E-state index contributed by atoms with van der Waals surface area (Å²) in [5.41, 5.74) is 0. The second-order valence-corrected chi connectivity index (χ2v) is 8.34. The van der Waals surface area contributed by atoms with Crippen LogP contribution < -0.4 is 4.90 Å². The van der Waals surface area contributed by atoms with Gasteiger partial charge in [-0.15, -0.1) is 0 Å². The van der Waals surface area contributed by atoms with Crippen LogP contribution in [0, 0.1) is 0 Å². The molecular weight excluding hydrogens is 338 g/mol. The molecule has 1 aromatic carbocycles. The van der Waals surface area contributed by atoms with E-state index in [1.807, 2.05) is 6.92 Å². The minimum atomic E-state index is -3.50. The molecule has 0 aromatic heterocycles. The fourth-order valence-electron chi connectivity index (χ4n) is 2.76. The summed E-state index contributed by atoms with van der Waals surface area (Å²) in [6.07, 6.45) is 0. The van der Waals surface area contributed by atoms with Crippen molar-refractivity contribution in [3.05, 3.63) is 29.3 Å². The molecule has 2 rings (SSSR count). The highest BCUT2D eigenvalue weighted by Crippen LogP contribution is 2.18. The van der Waals surface area contributed by atoms with E-state index in [0.29, 0.717) is 31.2 Å². The second kappa shape index (κ2) is 7.17. The number of nitrogens with zero attached hydrogens (tertiary/aromatic N) is 2. The Balaban J connectivity index is 2.04. The molecule has 1 fully saturated rings. The van der Waals surface area contributed by atoms with Gasteiger partial charge in [0.1, 0.15) is 0 Å². The molecule has 1 N–H and O–H groups in total. The summed E-state index contributed by atoms with van der Waals surface area (Å²) in [7, 11) is -0.0272. The van der Waals surface area contributed by atoms with E-state index < -0.39 is 10.0 Å². The summed E-state index contributed by atoms with van der Waals surface area (Å²) in [5.74, 6) is 0.0639. The fraction of sp³-hybridized carbons (Fsp3) is 0.533. The van der Waals surface area contributed by atoms with Crippen molar-refractivity contribution in [3.8, 4) is 0 Å². The van der Waals surface area contributed by atoms with Gasteiger partial charge in [-0.2, -0.15) is 4.31 Å². The lowest BCUT2D eigenvalue weighted by atomic mass is 10.2. The first-order valence-electron chi connectivity index (χ1n) is 7.55. The number of carbonyl (C=O) groups is 1. The van der Waals surface area contributed by atoms with Crippen LogP contribution in [0.5, 0.6) is 0 Å². The number of carbonyl (C=O) groups excluding carboxylic acids is 1. The van der Waals surface area contributed by atoms with Gasteiger partial charge in [0.05, 0.1) is 31.1 Å². The molecule has 0 spiro atoms. The summed E-state index contributed by atoms with van der Waals surface area (Å²) in [4.78, 5) is 15.0. The monoisotopic (exact) mass is 360 g/mol. The Morgan fingerprint density at radius 2 is 1.74 bits per heavy atom. The molecule has 1 saturated heterocycles. The van der Waals surface area contributed by atoms with Crippen LogP contribution in [0.2, 0.25) is 5.02 Å². The van der Waals surface area contributed by atoms with E-state index in [2.05, 4.69) is 0 Å². The molecule has 0 bridgehead atoms. The number of benzene rings is 1. The van der Waals surface area contributed by atoms with Crippen molar-refractivity contribution in [3.63, 3.8) is 0 Å². The smallest absolute Gasteiger partial charge is 0.280 e. The first-order chi connectivity index (χ1) is 10.7. The normalized spacial score (nSPS) is 18.6. The highest BCUT2D eigenvalue weighted by molar-refractivity contribution is 7.89. The second-order valence-electron chi connectivity index (χ2n) is 5.97. The van der Waals surface area contributed by atoms with Crippen molar-refractivity contribution < 1.29 is 18.1 Å². The van der Waals surface area contributed by atoms with Gasteiger partial charge in [0.2, 0.25) is 10.0 Å². The standard InChI is InChI=1S/C15H22ClN3O3S/c1-12(15(20)17(2)3)18-8-10-19(11-9-18)23(21,22)14-6-4-13(16)5-7-14/h4-7,12H,8-11H2,1-3H3/p+1/t12-/m0/s1. The van der Waals surface area contributed by atoms with E-state index in [9.17, 15) is 13.2 Å². The van der Waals surface area contributed by atoms with Gasteiger partial charge in [-0.05, 0) is 31.2 Å². The molecule has 1 heterocycles. The maximum absolute atomic E-state index is 12.6. The zero-order valence-electron chi connectivity index (χ0n) is 13.6. The molecular formula is C15H23ClN3O3S+. The molecule has 0 aliphatic carbocycles. The van der Waals surface area contributed by atoms with Gasteiger partial charge in [0.15, 0.2) is 6.04 Å². The predicted molar refractivity (Wildman–Crippen MR) is 89.1 cm³/mol. The molecule has 1 aliphatic heterocycles. The van der Waals surface area contributed by atoms with Crippen molar-refractivity contribution in [1.82, 2.24) is 9.21 Å². The number of hydrogen-bond acceptors (Lipinski definition) is 3. The van der Waals surface area contributed by atoms with Crippen LogP contribution in [0.25, 0.3) is 0 Å². The van der Waals surface area contributed by atoms with E-state index in [1.54, 1.807) is 31.1 Å². The number of halogens is 1. The van der Waals surface area contributed by atoms with E-state index in [1.165, 1.54) is 16.4 Å². The number of amides is 1. The van der Waals surface area contributed by atoms with Crippen molar-refractivity contribution in [2.45, 2.75) is 17.9 Å². The van der Waals surface area contributed by atoms with Crippen molar-refractivity contribution >= 4 is 27.5 Å². The number of sulfonamides is 1. The SMILES string of the molecule is C[C@@H](C(=O)N(C)C)[NH+]1CCN(S(=O)(=O)c2ccc(Cl)cc2)CC1. The Morgan fingerprint density at radius 1 is 1.22 bits per heavy atom. The predicted octanol–water partition coefficient (Wildman–Crippen LogP) is -0.294. The van der Waals surface area contributed by atoms with Crippen LogP contribution >= 0.6 is 11.6 Å². The third-order valence-corrected chi connectivity index (χ3v) is 6.40. The zero-order chi connectivity index (χ0) is 17.2. The van der Waals surface area contributed by atoms with E-state index >= 15 is 0 Å². The van der Waals surface area contributed by atoms with Crippen LogP contribution in [-0.4, -0.2) is 69.8 Å². The molecule has 128 valence electrons. The minimum Gasteiger partial charge on any atom is -0.344 e. The summed E-state index contributed by atoms with van der Waals surface area (Å²) >= 11 is 5.81. The fourth-order valence-corrected chi connectivity index (χ4v) is 4.33. The zero-order valence-corrected chi connectivity index (χ0v) is 15.2. The van der Waals surface area contributed by atoms with Gasteiger partial charge in [-0.25, -0.2) is 8.42 Å². The number of rotatable bonds is 4. The molecule has 8 heteroatoms. The van der Waals surface area contributed by atoms with Crippen LogP contribution in [0.1, 0.15) is 6.92 Å². The summed E-state index contributed by atoms with van der Waals surface area (Å²) in [5, 5.41) is 0.509. The Labute approximate surface area is 142 Å². The number of quaternary nitrogens is 1. The molecule has 1 aromatic rings. The lowest BCUT2D eigenvalue weighted by Gasteiger charge is -2.34. The van der Waals surface area contributed by atoms with Crippen molar-refractivity contribution in [2.24, 2.45) is 0 Å². The van der Waals surface area contributed by atoms with Gasteiger partial charge in [0.25, 0.3) is 5.91 Å². The molecule has 0 unspecified atom stereocenters. The number of hydrogen-bond donors (Lipinski definition) is 1. The molecule has 1 amide bonds. The van der Waals surface area contributed by atoms with Gasteiger partial charge in [0, 0.05) is 19.1 Å². The average molecular weight is 361 g/mol. The maximum Gasteiger partial charge on any atom is 0.280 e. The first kappa shape index (κ1) is 18.2. The first-order valence-corrected chi connectivity index (χ1v) is 9.36. The van der Waals surface area contributed by atoms with Crippen LogP contribution in [0.3, 0.4) is 0 Å². The van der Waals surface area contributed by atoms with Gasteiger partial charge >= 0.3 is 0 Å². The van der Waals surface area contributed by atoms with E-state index in [-0.39, 0.29) is 16.8 Å². The van der Waals surface area contributed by atoms with Crippen molar-refractivity contribution in [2.75, 3.05) is 40.3 Å². The Morgan fingerprint density at radius 3 is 2.22 bits per heavy atom. The topological polar surface area (TPSA) is 62.1 Å². The quantitative estimate of drug-likeness (QED) is 0.802. The highest BCUT2D eigenvalue weighted by atomic mass is 35.5. The average Bonchev–Trinajstić information content (AvgIpc) is 2.54. The molecule has 1 aliphatic rings. The Bertz CT molecular complexity index is 653. The van der Waals surface area contributed by atoms with Crippen LogP contribution in [0.4, 0.5) is 0 Å². The molecule has 23 heavy (non-hydrogen) atoms. The lowest BCUT2D eigenvalue weighted by Crippen LogP contribution is -3.19. The molecule has 6 nitrogen and oxygen atoms in total.